The Balaban J connectivity index is 4.50. The Morgan fingerprint density at radius 1 is 0.328 bits per heavy atom. The third-order valence-corrected chi connectivity index (χ3v) is 10.8. The highest BCUT2D eigenvalue weighted by molar-refractivity contribution is 5.71. The number of hydrogen-bond donors (Lipinski definition) is 0. The Kier molecular flexibility index (Phi) is 49.0. The molecular formula is C58H96O6. The Morgan fingerprint density at radius 2 is 0.625 bits per heavy atom. The van der Waals surface area contributed by atoms with Gasteiger partial charge >= 0.3 is 17.9 Å². The van der Waals surface area contributed by atoms with Crippen LogP contribution in [0.15, 0.2) is 97.2 Å². The molecule has 64 heavy (non-hydrogen) atoms. The summed E-state index contributed by atoms with van der Waals surface area (Å²) in [5.74, 6) is -0.998. The molecule has 0 aliphatic heterocycles. The smallest absolute Gasteiger partial charge is 0.306 e. The zero-order chi connectivity index (χ0) is 46.5. The van der Waals surface area contributed by atoms with Gasteiger partial charge in [-0.25, -0.2) is 0 Å². The van der Waals surface area contributed by atoms with Crippen LogP contribution in [0.25, 0.3) is 0 Å². The minimum atomic E-state index is -0.816. The van der Waals surface area contributed by atoms with E-state index in [1.807, 2.05) is 0 Å². The monoisotopic (exact) mass is 889 g/mol. The van der Waals surface area contributed by atoms with Crippen LogP contribution in [0.4, 0.5) is 0 Å². The summed E-state index contributed by atoms with van der Waals surface area (Å²) in [5.41, 5.74) is 0. The second-order valence-electron chi connectivity index (χ2n) is 17.1. The average Bonchev–Trinajstić information content (AvgIpc) is 3.29. The van der Waals surface area contributed by atoms with Crippen LogP contribution >= 0.6 is 0 Å². The molecule has 0 radical (unpaired) electrons. The van der Waals surface area contributed by atoms with E-state index in [-0.39, 0.29) is 37.5 Å². The van der Waals surface area contributed by atoms with Crippen LogP contribution < -0.4 is 0 Å². The number of allylic oxidation sites excluding steroid dienone is 16. The number of unbranched alkanes of at least 4 members (excludes halogenated alkanes) is 19. The van der Waals surface area contributed by atoms with Gasteiger partial charge in [0.2, 0.25) is 0 Å². The van der Waals surface area contributed by atoms with Crippen molar-refractivity contribution in [3.63, 3.8) is 0 Å². The first kappa shape index (κ1) is 60.3. The Labute approximate surface area is 394 Å². The van der Waals surface area contributed by atoms with E-state index >= 15 is 0 Å². The molecule has 364 valence electrons. The van der Waals surface area contributed by atoms with Crippen LogP contribution in [0, 0.1) is 0 Å². The highest BCUT2D eigenvalue weighted by atomic mass is 16.6. The maximum atomic E-state index is 12.8. The lowest BCUT2D eigenvalue weighted by molar-refractivity contribution is -0.167. The summed E-state index contributed by atoms with van der Waals surface area (Å²) in [6, 6.07) is 0. The summed E-state index contributed by atoms with van der Waals surface area (Å²) in [7, 11) is 0. The maximum absolute atomic E-state index is 12.8. The second-order valence-corrected chi connectivity index (χ2v) is 17.1. The fourth-order valence-electron chi connectivity index (χ4n) is 6.90. The molecule has 0 aliphatic carbocycles. The zero-order valence-electron chi connectivity index (χ0n) is 41.5. The van der Waals surface area contributed by atoms with Crippen molar-refractivity contribution in [1.82, 2.24) is 0 Å². The van der Waals surface area contributed by atoms with E-state index in [1.165, 1.54) is 89.9 Å². The van der Waals surface area contributed by atoms with Gasteiger partial charge in [-0.2, -0.15) is 0 Å². The number of esters is 3. The highest BCUT2D eigenvalue weighted by Crippen LogP contribution is 2.13. The van der Waals surface area contributed by atoms with Crippen LogP contribution in [0.1, 0.15) is 233 Å². The fraction of sp³-hybridized carbons (Fsp3) is 0.672. The lowest BCUT2D eigenvalue weighted by Gasteiger charge is -2.18. The molecule has 0 aromatic rings. The normalized spacial score (nSPS) is 12.9. The van der Waals surface area contributed by atoms with Gasteiger partial charge in [0.05, 0.1) is 0 Å². The Hall–Kier alpha value is -3.67. The lowest BCUT2D eigenvalue weighted by atomic mass is 10.1. The summed E-state index contributed by atoms with van der Waals surface area (Å²) in [4.78, 5) is 37.9. The van der Waals surface area contributed by atoms with Crippen molar-refractivity contribution >= 4 is 17.9 Å². The summed E-state index contributed by atoms with van der Waals surface area (Å²) >= 11 is 0. The first-order valence-corrected chi connectivity index (χ1v) is 26.2. The lowest BCUT2D eigenvalue weighted by Crippen LogP contribution is -2.30. The van der Waals surface area contributed by atoms with Crippen LogP contribution in [0.2, 0.25) is 0 Å². The molecule has 1 unspecified atom stereocenters. The second kappa shape index (κ2) is 52.0. The van der Waals surface area contributed by atoms with Crippen LogP contribution in [-0.2, 0) is 28.6 Å². The van der Waals surface area contributed by atoms with E-state index in [1.54, 1.807) is 0 Å². The topological polar surface area (TPSA) is 78.9 Å². The van der Waals surface area contributed by atoms with Gasteiger partial charge in [-0.1, -0.05) is 214 Å². The van der Waals surface area contributed by atoms with Gasteiger partial charge in [0.15, 0.2) is 6.10 Å². The van der Waals surface area contributed by atoms with Crippen molar-refractivity contribution < 1.29 is 28.6 Å². The number of ether oxygens (including phenoxy) is 3. The van der Waals surface area contributed by atoms with E-state index in [9.17, 15) is 14.4 Å². The van der Waals surface area contributed by atoms with Crippen molar-refractivity contribution in [3.05, 3.63) is 97.2 Å². The molecule has 0 saturated carbocycles. The van der Waals surface area contributed by atoms with Crippen molar-refractivity contribution in [3.8, 4) is 0 Å². The molecule has 0 heterocycles. The SMILES string of the molecule is CC/C=C\C/C=C\C/C=C\C/C=C\C/C=C\CCCCCC(=O)OCC(COC(=O)CCCCCCCCCCCC)OC(=O)CCC/C=C\C/C=C\C/C=C\CCCCCCCC. The summed E-state index contributed by atoms with van der Waals surface area (Å²) in [6.07, 6.45) is 68.3. The van der Waals surface area contributed by atoms with Gasteiger partial charge in [0, 0.05) is 19.3 Å². The number of rotatable bonds is 46. The standard InChI is InChI=1S/C58H96O6/c1-4-7-10-13-16-19-22-24-26-28-29-31-32-34-36-39-42-45-48-51-57(60)63-54-55(53-62-56(59)50-47-44-41-38-21-18-15-12-9-6-3)64-58(61)52-49-46-43-40-37-35-33-30-27-25-23-20-17-14-11-8-5-2/h7,10,16,19,24-27,29,31,33-36,40,43,55H,4-6,8-9,11-15,17-18,20-23,28,30,32,37-39,41-42,44-54H2,1-3H3/b10-7-,19-16-,26-24-,27-25-,31-29-,35-33-,36-34-,43-40-. The van der Waals surface area contributed by atoms with Gasteiger partial charge in [-0.05, 0) is 96.3 Å². The largest absolute Gasteiger partial charge is 0.462 e. The van der Waals surface area contributed by atoms with Crippen molar-refractivity contribution in [2.24, 2.45) is 0 Å². The van der Waals surface area contributed by atoms with Crippen LogP contribution in [0.5, 0.6) is 0 Å². The molecule has 0 fully saturated rings. The molecule has 0 aromatic carbocycles. The fourth-order valence-corrected chi connectivity index (χ4v) is 6.90. The minimum absolute atomic E-state index is 0.108. The van der Waals surface area contributed by atoms with E-state index in [0.29, 0.717) is 19.3 Å². The number of carbonyl (C=O) groups is 3. The molecule has 0 amide bonds. The molecule has 0 aliphatic rings. The quantitative estimate of drug-likeness (QED) is 0.0262. The zero-order valence-corrected chi connectivity index (χ0v) is 41.5. The Morgan fingerprint density at radius 3 is 1.02 bits per heavy atom. The molecule has 0 bridgehead atoms. The van der Waals surface area contributed by atoms with Gasteiger partial charge in [0.25, 0.3) is 0 Å². The van der Waals surface area contributed by atoms with E-state index in [4.69, 9.17) is 14.2 Å². The molecule has 6 heteroatoms. The van der Waals surface area contributed by atoms with Gasteiger partial charge in [-0.3, -0.25) is 14.4 Å². The van der Waals surface area contributed by atoms with Gasteiger partial charge in [-0.15, -0.1) is 0 Å². The Bertz CT molecular complexity index is 1300. The van der Waals surface area contributed by atoms with Crippen molar-refractivity contribution in [1.29, 1.82) is 0 Å². The predicted octanol–water partition coefficient (Wildman–Crippen LogP) is 17.4. The summed E-state index contributed by atoms with van der Waals surface area (Å²) in [6.45, 7) is 6.43. The highest BCUT2D eigenvalue weighted by Gasteiger charge is 2.19. The van der Waals surface area contributed by atoms with E-state index < -0.39 is 6.10 Å². The third-order valence-electron chi connectivity index (χ3n) is 10.8. The van der Waals surface area contributed by atoms with Gasteiger partial charge in [0.1, 0.15) is 13.2 Å². The third kappa shape index (κ3) is 49.3. The average molecular weight is 889 g/mol. The first-order valence-electron chi connectivity index (χ1n) is 26.2. The van der Waals surface area contributed by atoms with Crippen molar-refractivity contribution in [2.75, 3.05) is 13.2 Å². The number of hydrogen-bond acceptors (Lipinski definition) is 6. The maximum Gasteiger partial charge on any atom is 0.306 e. The molecule has 0 saturated heterocycles. The molecule has 1 atom stereocenters. The summed E-state index contributed by atoms with van der Waals surface area (Å²) < 4.78 is 16.7. The van der Waals surface area contributed by atoms with Crippen LogP contribution in [-0.4, -0.2) is 37.2 Å². The predicted molar refractivity (Wildman–Crippen MR) is 274 cm³/mol. The summed E-state index contributed by atoms with van der Waals surface area (Å²) in [5, 5.41) is 0. The molecule has 0 spiro atoms. The minimum Gasteiger partial charge on any atom is -0.462 e. The van der Waals surface area contributed by atoms with E-state index in [2.05, 4.69) is 118 Å². The molecular weight excluding hydrogens is 793 g/mol. The number of carbonyl (C=O) groups excluding carboxylic acids is 3. The van der Waals surface area contributed by atoms with E-state index in [0.717, 1.165) is 96.3 Å². The first-order chi connectivity index (χ1) is 31.5. The van der Waals surface area contributed by atoms with Gasteiger partial charge < -0.3 is 14.2 Å². The molecule has 0 aromatic heterocycles. The molecule has 0 rings (SSSR count). The molecule has 6 nitrogen and oxygen atoms in total. The van der Waals surface area contributed by atoms with Crippen LogP contribution in [0.3, 0.4) is 0 Å². The van der Waals surface area contributed by atoms with Crippen molar-refractivity contribution in [2.45, 2.75) is 239 Å². The molecule has 0 N–H and O–H groups in total.